The first-order chi connectivity index (χ1) is 9.04. The van der Waals surface area contributed by atoms with Gasteiger partial charge in [-0.25, -0.2) is 4.79 Å². The average molecular weight is 285 g/mol. The number of carbonyl (C=O) groups is 2. The number of aliphatic carboxylic acids is 1. The van der Waals surface area contributed by atoms with Crippen LogP contribution in [0.2, 0.25) is 0 Å². The van der Waals surface area contributed by atoms with Crippen LogP contribution in [0.5, 0.6) is 0 Å². The summed E-state index contributed by atoms with van der Waals surface area (Å²) in [6, 6.07) is 0. The molecule has 1 amide bonds. The van der Waals surface area contributed by atoms with Crippen LogP contribution < -0.4 is 5.32 Å². The molecule has 116 valence electrons. The molecule has 0 saturated heterocycles. The summed E-state index contributed by atoms with van der Waals surface area (Å²) >= 11 is 0. The van der Waals surface area contributed by atoms with E-state index in [1.807, 2.05) is 0 Å². The standard InChI is InChI=1S/C15H27NO4/c1-14(2,3)11-7-5-10(6-8-11)12(17)16-9-15(4,20)13(18)19/h10-11,20H,5-9H2,1-4H3,(H,16,17)(H,18,19). The molecule has 1 saturated carbocycles. The summed E-state index contributed by atoms with van der Waals surface area (Å²) in [7, 11) is 0. The van der Waals surface area contributed by atoms with Crippen molar-refractivity contribution in [1.29, 1.82) is 0 Å². The highest BCUT2D eigenvalue weighted by Crippen LogP contribution is 2.39. The minimum Gasteiger partial charge on any atom is -0.479 e. The van der Waals surface area contributed by atoms with E-state index in [2.05, 4.69) is 26.1 Å². The van der Waals surface area contributed by atoms with Gasteiger partial charge in [0.1, 0.15) is 0 Å². The lowest BCUT2D eigenvalue weighted by atomic mass is 9.69. The van der Waals surface area contributed by atoms with E-state index in [9.17, 15) is 14.7 Å². The first-order valence-electron chi connectivity index (χ1n) is 7.27. The van der Waals surface area contributed by atoms with Gasteiger partial charge in [0, 0.05) is 5.92 Å². The van der Waals surface area contributed by atoms with Crippen molar-refractivity contribution in [3.8, 4) is 0 Å². The van der Waals surface area contributed by atoms with E-state index in [1.165, 1.54) is 6.92 Å². The zero-order chi connectivity index (χ0) is 15.6. The Morgan fingerprint density at radius 2 is 1.60 bits per heavy atom. The van der Waals surface area contributed by atoms with Crippen molar-refractivity contribution in [3.05, 3.63) is 0 Å². The molecule has 0 aliphatic heterocycles. The van der Waals surface area contributed by atoms with Crippen molar-refractivity contribution in [3.63, 3.8) is 0 Å². The molecule has 0 aromatic carbocycles. The van der Waals surface area contributed by atoms with Crippen molar-refractivity contribution in [2.24, 2.45) is 17.3 Å². The summed E-state index contributed by atoms with van der Waals surface area (Å²) in [4.78, 5) is 22.8. The number of hydrogen-bond acceptors (Lipinski definition) is 3. The predicted molar refractivity (Wildman–Crippen MR) is 76.2 cm³/mol. The number of nitrogens with one attached hydrogen (secondary N) is 1. The summed E-state index contributed by atoms with van der Waals surface area (Å²) in [6.45, 7) is 7.61. The number of carbonyl (C=O) groups excluding carboxylic acids is 1. The normalized spacial score (nSPS) is 26.6. The number of carboxylic acid groups (broad SMARTS) is 1. The summed E-state index contributed by atoms with van der Waals surface area (Å²) in [5.41, 5.74) is -1.63. The maximum absolute atomic E-state index is 12.0. The van der Waals surface area contributed by atoms with Gasteiger partial charge in [0.25, 0.3) is 0 Å². The Balaban J connectivity index is 2.42. The molecule has 1 unspecified atom stereocenters. The van der Waals surface area contributed by atoms with Gasteiger partial charge in [-0.1, -0.05) is 20.8 Å². The number of hydrogen-bond donors (Lipinski definition) is 3. The van der Waals surface area contributed by atoms with Crippen LogP contribution >= 0.6 is 0 Å². The molecule has 0 heterocycles. The second-order valence-corrected chi connectivity index (χ2v) is 7.21. The molecule has 1 aliphatic carbocycles. The van der Waals surface area contributed by atoms with Crippen molar-refractivity contribution in [2.45, 2.75) is 59.0 Å². The molecule has 0 bridgehead atoms. The molecule has 1 fully saturated rings. The van der Waals surface area contributed by atoms with Gasteiger partial charge in [-0.15, -0.1) is 0 Å². The van der Waals surface area contributed by atoms with E-state index in [1.54, 1.807) is 0 Å². The molecule has 0 spiro atoms. The third-order valence-corrected chi connectivity index (χ3v) is 4.39. The SMILES string of the molecule is CC(O)(CNC(=O)C1CCC(C(C)(C)C)CC1)C(=O)O. The molecule has 3 N–H and O–H groups in total. The summed E-state index contributed by atoms with van der Waals surface area (Å²) in [5.74, 6) is -0.889. The second-order valence-electron chi connectivity index (χ2n) is 7.21. The fourth-order valence-electron chi connectivity index (χ4n) is 2.70. The Morgan fingerprint density at radius 1 is 1.10 bits per heavy atom. The molecule has 0 radical (unpaired) electrons. The van der Waals surface area contributed by atoms with Crippen LogP contribution in [0, 0.1) is 17.3 Å². The van der Waals surface area contributed by atoms with Crippen LogP contribution in [0.1, 0.15) is 53.4 Å². The first-order valence-corrected chi connectivity index (χ1v) is 7.27. The zero-order valence-corrected chi connectivity index (χ0v) is 12.9. The lowest BCUT2D eigenvalue weighted by Gasteiger charge is -2.36. The van der Waals surface area contributed by atoms with Gasteiger partial charge >= 0.3 is 5.97 Å². The zero-order valence-electron chi connectivity index (χ0n) is 12.9. The van der Waals surface area contributed by atoms with Crippen molar-refractivity contribution < 1.29 is 19.8 Å². The van der Waals surface area contributed by atoms with Crippen LogP contribution in [0.4, 0.5) is 0 Å². The number of rotatable bonds is 4. The molecule has 20 heavy (non-hydrogen) atoms. The maximum atomic E-state index is 12.0. The van der Waals surface area contributed by atoms with Crippen molar-refractivity contribution in [2.75, 3.05) is 6.54 Å². The fourth-order valence-corrected chi connectivity index (χ4v) is 2.70. The van der Waals surface area contributed by atoms with Crippen molar-refractivity contribution in [1.82, 2.24) is 5.32 Å². The Bertz CT molecular complexity index is 363. The Kier molecular flexibility index (Phi) is 5.19. The number of carboxylic acids is 1. The average Bonchev–Trinajstić information content (AvgIpc) is 2.35. The minimum atomic E-state index is -1.90. The summed E-state index contributed by atoms with van der Waals surface area (Å²) in [6.07, 6.45) is 3.72. The monoisotopic (exact) mass is 285 g/mol. The van der Waals surface area contributed by atoms with E-state index >= 15 is 0 Å². The number of amides is 1. The molecule has 1 aliphatic rings. The smallest absolute Gasteiger partial charge is 0.337 e. The van der Waals surface area contributed by atoms with E-state index in [0.717, 1.165) is 25.7 Å². The molecule has 0 aromatic rings. The van der Waals surface area contributed by atoms with E-state index in [-0.39, 0.29) is 23.8 Å². The van der Waals surface area contributed by atoms with Crippen LogP contribution in [0.25, 0.3) is 0 Å². The van der Waals surface area contributed by atoms with Gasteiger partial charge in [0.05, 0.1) is 6.54 Å². The van der Waals surface area contributed by atoms with Crippen molar-refractivity contribution >= 4 is 11.9 Å². The van der Waals surface area contributed by atoms with Crippen LogP contribution in [-0.2, 0) is 9.59 Å². The highest BCUT2D eigenvalue weighted by molar-refractivity contribution is 5.81. The maximum Gasteiger partial charge on any atom is 0.337 e. The quantitative estimate of drug-likeness (QED) is 0.735. The topological polar surface area (TPSA) is 86.6 Å². The molecule has 1 rings (SSSR count). The summed E-state index contributed by atoms with van der Waals surface area (Å²) in [5, 5.41) is 20.9. The molecule has 1 atom stereocenters. The lowest BCUT2D eigenvalue weighted by Crippen LogP contribution is -2.48. The molecular formula is C15H27NO4. The molecule has 0 aromatic heterocycles. The van der Waals surface area contributed by atoms with Crippen LogP contribution in [0.3, 0.4) is 0 Å². The Hall–Kier alpha value is -1.10. The van der Waals surface area contributed by atoms with Gasteiger partial charge < -0.3 is 15.5 Å². The second kappa shape index (κ2) is 6.12. The van der Waals surface area contributed by atoms with Gasteiger partial charge in [0.2, 0.25) is 5.91 Å². The van der Waals surface area contributed by atoms with Gasteiger partial charge in [-0.05, 0) is 43.9 Å². The van der Waals surface area contributed by atoms with E-state index in [4.69, 9.17) is 5.11 Å². The van der Waals surface area contributed by atoms with E-state index in [0.29, 0.717) is 5.92 Å². The van der Waals surface area contributed by atoms with Crippen LogP contribution in [0.15, 0.2) is 0 Å². The van der Waals surface area contributed by atoms with E-state index < -0.39 is 11.6 Å². The van der Waals surface area contributed by atoms with Crippen LogP contribution in [-0.4, -0.2) is 34.2 Å². The highest BCUT2D eigenvalue weighted by atomic mass is 16.4. The first kappa shape index (κ1) is 17.0. The molecule has 5 nitrogen and oxygen atoms in total. The molecular weight excluding hydrogens is 258 g/mol. The highest BCUT2D eigenvalue weighted by Gasteiger charge is 2.34. The fraction of sp³-hybridized carbons (Fsp3) is 0.867. The largest absolute Gasteiger partial charge is 0.479 e. The Labute approximate surface area is 120 Å². The lowest BCUT2D eigenvalue weighted by molar-refractivity contribution is -0.156. The predicted octanol–water partition coefficient (Wildman–Crippen LogP) is 1.79. The molecule has 5 heteroatoms. The van der Waals surface area contributed by atoms with Gasteiger partial charge in [-0.3, -0.25) is 4.79 Å². The number of aliphatic hydroxyl groups is 1. The van der Waals surface area contributed by atoms with Gasteiger partial charge in [-0.2, -0.15) is 0 Å². The Morgan fingerprint density at radius 3 is 2.00 bits per heavy atom. The third kappa shape index (κ3) is 4.47. The van der Waals surface area contributed by atoms with Gasteiger partial charge in [0.15, 0.2) is 5.60 Å². The summed E-state index contributed by atoms with van der Waals surface area (Å²) < 4.78 is 0. The minimum absolute atomic E-state index is 0.0572. The third-order valence-electron chi connectivity index (χ3n) is 4.39.